The van der Waals surface area contributed by atoms with E-state index >= 15 is 0 Å². The zero-order valence-electron chi connectivity index (χ0n) is 10.2. The number of nitrogens with zero attached hydrogens (tertiary/aromatic N) is 2. The van der Waals surface area contributed by atoms with Gasteiger partial charge in [0.15, 0.2) is 0 Å². The number of nitro groups is 1. The molecule has 0 aromatic heterocycles. The fourth-order valence-electron chi connectivity index (χ4n) is 1.84. The summed E-state index contributed by atoms with van der Waals surface area (Å²) >= 11 is 0. The number of hydrogen-bond acceptors (Lipinski definition) is 4. The molecule has 0 amide bonds. The standard InChI is InChI=1S/C14H10N2O3/c1-19-11-5-2-4-10(8-11)12-6-3-7-14(16(17)18)13(12)9-15/h2-8H,1H3. The van der Waals surface area contributed by atoms with E-state index in [2.05, 4.69) is 0 Å². The maximum Gasteiger partial charge on any atom is 0.287 e. The first-order valence-corrected chi connectivity index (χ1v) is 5.49. The van der Waals surface area contributed by atoms with Crippen molar-refractivity contribution in [3.05, 3.63) is 58.1 Å². The van der Waals surface area contributed by atoms with Gasteiger partial charge in [0.2, 0.25) is 0 Å². The van der Waals surface area contributed by atoms with Gasteiger partial charge in [-0.25, -0.2) is 0 Å². The minimum Gasteiger partial charge on any atom is -0.497 e. The SMILES string of the molecule is COc1cccc(-c2cccc([N+](=O)[O-])c2C#N)c1. The van der Waals surface area contributed by atoms with Crippen molar-refractivity contribution in [2.24, 2.45) is 0 Å². The van der Waals surface area contributed by atoms with Gasteiger partial charge in [0.1, 0.15) is 17.4 Å². The highest BCUT2D eigenvalue weighted by molar-refractivity contribution is 5.76. The van der Waals surface area contributed by atoms with Crippen molar-refractivity contribution in [2.75, 3.05) is 7.11 Å². The van der Waals surface area contributed by atoms with Gasteiger partial charge in [0.25, 0.3) is 5.69 Å². The van der Waals surface area contributed by atoms with Crippen LogP contribution in [-0.2, 0) is 0 Å². The van der Waals surface area contributed by atoms with Gasteiger partial charge in [-0.3, -0.25) is 10.1 Å². The second-order valence-corrected chi connectivity index (χ2v) is 3.80. The highest BCUT2D eigenvalue weighted by atomic mass is 16.6. The van der Waals surface area contributed by atoms with Crippen LogP contribution in [0.2, 0.25) is 0 Å². The van der Waals surface area contributed by atoms with Crippen LogP contribution in [-0.4, -0.2) is 12.0 Å². The summed E-state index contributed by atoms with van der Waals surface area (Å²) < 4.78 is 5.11. The second kappa shape index (κ2) is 5.19. The Kier molecular flexibility index (Phi) is 3.44. The molecule has 0 spiro atoms. The number of nitriles is 1. The molecular weight excluding hydrogens is 244 g/mol. The van der Waals surface area contributed by atoms with Crippen LogP contribution in [0.25, 0.3) is 11.1 Å². The predicted octanol–water partition coefficient (Wildman–Crippen LogP) is 3.14. The van der Waals surface area contributed by atoms with E-state index < -0.39 is 4.92 Å². The molecule has 5 nitrogen and oxygen atoms in total. The molecule has 94 valence electrons. The minimum atomic E-state index is -0.553. The number of benzene rings is 2. The molecule has 2 aromatic rings. The zero-order chi connectivity index (χ0) is 13.8. The van der Waals surface area contributed by atoms with E-state index in [1.54, 1.807) is 36.4 Å². The molecule has 5 heteroatoms. The number of ether oxygens (including phenoxy) is 1. The fraction of sp³-hybridized carbons (Fsp3) is 0.0714. The van der Waals surface area contributed by atoms with Crippen LogP contribution < -0.4 is 4.74 Å². The largest absolute Gasteiger partial charge is 0.497 e. The maximum atomic E-state index is 10.9. The predicted molar refractivity (Wildman–Crippen MR) is 69.8 cm³/mol. The lowest BCUT2D eigenvalue weighted by Crippen LogP contribution is -1.94. The first kappa shape index (κ1) is 12.6. The van der Waals surface area contributed by atoms with Gasteiger partial charge in [-0.2, -0.15) is 5.26 Å². The zero-order valence-corrected chi connectivity index (χ0v) is 10.2. The molecule has 0 aliphatic heterocycles. The molecule has 0 bridgehead atoms. The van der Waals surface area contributed by atoms with E-state index in [4.69, 9.17) is 10.00 Å². The van der Waals surface area contributed by atoms with Crippen LogP contribution in [0.4, 0.5) is 5.69 Å². The highest BCUT2D eigenvalue weighted by Gasteiger charge is 2.18. The highest BCUT2D eigenvalue weighted by Crippen LogP contribution is 2.31. The third-order valence-electron chi connectivity index (χ3n) is 2.73. The van der Waals surface area contributed by atoms with Crippen molar-refractivity contribution >= 4 is 5.69 Å². The molecule has 2 rings (SSSR count). The molecular formula is C14H10N2O3. The van der Waals surface area contributed by atoms with Crippen LogP contribution in [0.3, 0.4) is 0 Å². The second-order valence-electron chi connectivity index (χ2n) is 3.80. The van der Waals surface area contributed by atoms with E-state index in [9.17, 15) is 10.1 Å². The van der Waals surface area contributed by atoms with Crippen LogP contribution in [0.15, 0.2) is 42.5 Å². The molecule has 0 atom stereocenters. The first-order valence-electron chi connectivity index (χ1n) is 5.49. The van der Waals surface area contributed by atoms with Gasteiger partial charge in [-0.15, -0.1) is 0 Å². The first-order chi connectivity index (χ1) is 9.17. The Labute approximate surface area is 109 Å². The lowest BCUT2D eigenvalue weighted by molar-refractivity contribution is -0.385. The normalized spacial score (nSPS) is 9.68. The summed E-state index contributed by atoms with van der Waals surface area (Å²) in [5.74, 6) is 0.632. The van der Waals surface area contributed by atoms with Gasteiger partial charge in [0.05, 0.1) is 12.0 Å². The Morgan fingerprint density at radius 2 is 2.00 bits per heavy atom. The van der Waals surface area contributed by atoms with Crippen LogP contribution >= 0.6 is 0 Å². The Morgan fingerprint density at radius 3 is 2.63 bits per heavy atom. The van der Waals surface area contributed by atoms with Crippen LogP contribution in [0, 0.1) is 21.4 Å². The molecule has 0 N–H and O–H groups in total. The average molecular weight is 254 g/mol. The lowest BCUT2D eigenvalue weighted by Gasteiger charge is -2.06. The van der Waals surface area contributed by atoms with Crippen molar-refractivity contribution in [1.29, 1.82) is 5.26 Å². The Morgan fingerprint density at radius 1 is 1.26 bits per heavy atom. The Balaban J connectivity index is 2.65. The molecule has 2 aromatic carbocycles. The van der Waals surface area contributed by atoms with Gasteiger partial charge in [-0.1, -0.05) is 24.3 Å². The summed E-state index contributed by atoms with van der Waals surface area (Å²) in [5.41, 5.74) is 1.10. The number of methoxy groups -OCH3 is 1. The summed E-state index contributed by atoms with van der Waals surface area (Å²) in [5, 5.41) is 20.1. The van der Waals surface area contributed by atoms with E-state index in [0.717, 1.165) is 0 Å². The van der Waals surface area contributed by atoms with E-state index in [1.165, 1.54) is 13.2 Å². The molecule has 0 saturated heterocycles. The average Bonchev–Trinajstić information content (AvgIpc) is 2.46. The molecule has 0 fully saturated rings. The third kappa shape index (κ3) is 2.38. The van der Waals surface area contributed by atoms with Crippen molar-refractivity contribution < 1.29 is 9.66 Å². The number of nitro benzene ring substituents is 1. The van der Waals surface area contributed by atoms with Crippen molar-refractivity contribution in [3.63, 3.8) is 0 Å². The minimum absolute atomic E-state index is 0.0563. The van der Waals surface area contributed by atoms with Crippen molar-refractivity contribution in [1.82, 2.24) is 0 Å². The topological polar surface area (TPSA) is 76.2 Å². The molecule has 19 heavy (non-hydrogen) atoms. The van der Waals surface area contributed by atoms with E-state index in [1.807, 2.05) is 6.07 Å². The fourth-order valence-corrected chi connectivity index (χ4v) is 1.84. The summed E-state index contributed by atoms with van der Waals surface area (Å²) in [6, 6.07) is 13.5. The molecule has 0 saturated carbocycles. The molecule has 0 aliphatic rings. The molecule has 0 heterocycles. The summed E-state index contributed by atoms with van der Waals surface area (Å²) in [6.45, 7) is 0. The number of hydrogen-bond donors (Lipinski definition) is 0. The Bertz CT molecular complexity index is 675. The van der Waals surface area contributed by atoms with Gasteiger partial charge in [-0.05, 0) is 17.7 Å². The molecule has 0 unspecified atom stereocenters. The maximum absolute atomic E-state index is 10.9. The summed E-state index contributed by atoms with van der Waals surface area (Å²) in [4.78, 5) is 10.4. The Hall–Kier alpha value is -2.87. The third-order valence-corrected chi connectivity index (χ3v) is 2.73. The van der Waals surface area contributed by atoms with E-state index in [0.29, 0.717) is 16.9 Å². The van der Waals surface area contributed by atoms with Crippen LogP contribution in [0.1, 0.15) is 5.56 Å². The molecule has 0 aliphatic carbocycles. The lowest BCUT2D eigenvalue weighted by atomic mass is 9.99. The summed E-state index contributed by atoms with van der Waals surface area (Å²) in [7, 11) is 1.54. The monoisotopic (exact) mass is 254 g/mol. The molecule has 0 radical (unpaired) electrons. The number of rotatable bonds is 3. The van der Waals surface area contributed by atoms with Crippen LogP contribution in [0.5, 0.6) is 5.75 Å². The van der Waals surface area contributed by atoms with Gasteiger partial charge < -0.3 is 4.74 Å². The summed E-state index contributed by atoms with van der Waals surface area (Å²) in [6.07, 6.45) is 0. The van der Waals surface area contributed by atoms with E-state index in [-0.39, 0.29) is 11.3 Å². The van der Waals surface area contributed by atoms with Crippen molar-refractivity contribution in [2.45, 2.75) is 0 Å². The smallest absolute Gasteiger partial charge is 0.287 e. The van der Waals surface area contributed by atoms with Gasteiger partial charge in [0, 0.05) is 11.6 Å². The quantitative estimate of drug-likeness (QED) is 0.622. The van der Waals surface area contributed by atoms with Crippen molar-refractivity contribution in [3.8, 4) is 22.9 Å². The van der Waals surface area contributed by atoms with Gasteiger partial charge >= 0.3 is 0 Å².